The molecule has 25 heavy (non-hydrogen) atoms. The first-order chi connectivity index (χ1) is 12.1. The number of nitrogens with one attached hydrogen (secondary N) is 1. The lowest BCUT2D eigenvalue weighted by Gasteiger charge is -2.10. The van der Waals surface area contributed by atoms with Crippen molar-refractivity contribution in [3.63, 3.8) is 0 Å². The van der Waals surface area contributed by atoms with E-state index in [2.05, 4.69) is 20.6 Å². The molecule has 1 aromatic carbocycles. The van der Waals surface area contributed by atoms with Crippen LogP contribution in [0.1, 0.15) is 5.56 Å². The molecule has 0 spiro atoms. The lowest BCUT2D eigenvalue weighted by molar-refractivity contribution is 0.702. The number of benzene rings is 1. The van der Waals surface area contributed by atoms with Gasteiger partial charge in [0.2, 0.25) is 0 Å². The van der Waals surface area contributed by atoms with E-state index in [4.69, 9.17) is 0 Å². The van der Waals surface area contributed by atoms with Crippen molar-refractivity contribution in [1.29, 1.82) is 0 Å². The van der Waals surface area contributed by atoms with Crippen LogP contribution in [-0.4, -0.2) is 24.5 Å². The molecule has 3 aromatic heterocycles. The van der Waals surface area contributed by atoms with Gasteiger partial charge in [0, 0.05) is 36.1 Å². The van der Waals surface area contributed by atoms with E-state index in [-0.39, 0.29) is 5.56 Å². The summed E-state index contributed by atoms with van der Waals surface area (Å²) in [5.74, 6) is 0.768. The predicted octanol–water partition coefficient (Wildman–Crippen LogP) is 2.57. The van der Waals surface area contributed by atoms with Gasteiger partial charge < -0.3 is 5.32 Å². The van der Waals surface area contributed by atoms with E-state index in [9.17, 15) is 4.79 Å². The predicted molar refractivity (Wildman–Crippen MR) is 96.4 cm³/mol. The van der Waals surface area contributed by atoms with Gasteiger partial charge in [-0.15, -0.1) is 5.10 Å². The van der Waals surface area contributed by atoms with Gasteiger partial charge in [0.15, 0.2) is 5.82 Å². The van der Waals surface area contributed by atoms with Crippen molar-refractivity contribution < 1.29 is 0 Å². The molecule has 7 nitrogen and oxygen atoms in total. The van der Waals surface area contributed by atoms with E-state index in [0.29, 0.717) is 11.3 Å². The molecule has 0 bridgehead atoms. The third-order valence-electron chi connectivity index (χ3n) is 4.15. The summed E-state index contributed by atoms with van der Waals surface area (Å²) in [6, 6.07) is 11.8. The van der Waals surface area contributed by atoms with Gasteiger partial charge >= 0.3 is 0 Å². The summed E-state index contributed by atoms with van der Waals surface area (Å²) in [6.45, 7) is 1.79. The Labute approximate surface area is 143 Å². The number of nitrogens with zero attached hydrogens (tertiary/aromatic N) is 5. The Bertz CT molecular complexity index is 1110. The molecule has 0 saturated carbocycles. The zero-order chi connectivity index (χ0) is 17.4. The molecule has 0 atom stereocenters. The lowest BCUT2D eigenvalue weighted by Crippen LogP contribution is -2.22. The summed E-state index contributed by atoms with van der Waals surface area (Å²) in [5, 5.41) is 16.5. The van der Waals surface area contributed by atoms with E-state index in [0.717, 1.165) is 22.4 Å². The van der Waals surface area contributed by atoms with Crippen molar-refractivity contribution in [2.24, 2.45) is 7.05 Å². The average Bonchev–Trinajstić information content (AvgIpc) is 3.06. The number of hydrogen-bond donors (Lipinski definition) is 1. The van der Waals surface area contributed by atoms with Gasteiger partial charge in [-0.2, -0.15) is 10.2 Å². The molecule has 0 amide bonds. The molecule has 0 aliphatic rings. The van der Waals surface area contributed by atoms with E-state index in [1.165, 1.54) is 4.68 Å². The Morgan fingerprint density at radius 2 is 2.04 bits per heavy atom. The Kier molecular flexibility index (Phi) is 3.53. The van der Waals surface area contributed by atoms with Crippen molar-refractivity contribution in [2.45, 2.75) is 6.92 Å². The topological polar surface area (TPSA) is 77.6 Å². The summed E-state index contributed by atoms with van der Waals surface area (Å²) in [6.07, 6.45) is 5.27. The second-order valence-corrected chi connectivity index (χ2v) is 5.78. The highest BCUT2D eigenvalue weighted by Crippen LogP contribution is 2.25. The van der Waals surface area contributed by atoms with Gasteiger partial charge in [0.1, 0.15) is 0 Å². The molecule has 4 aromatic rings. The second kappa shape index (κ2) is 5.86. The molecular formula is C18H16N6O. The van der Waals surface area contributed by atoms with Crippen LogP contribution in [-0.2, 0) is 7.05 Å². The molecule has 124 valence electrons. The smallest absolute Gasteiger partial charge is 0.271 e. The Morgan fingerprint density at radius 1 is 1.16 bits per heavy atom. The zero-order valence-corrected chi connectivity index (χ0v) is 13.8. The maximum atomic E-state index is 12.0. The Hall–Kier alpha value is -3.48. The highest BCUT2D eigenvalue weighted by Gasteiger charge is 2.08. The maximum Gasteiger partial charge on any atom is 0.271 e. The van der Waals surface area contributed by atoms with Crippen LogP contribution in [0.4, 0.5) is 11.4 Å². The summed E-state index contributed by atoms with van der Waals surface area (Å²) >= 11 is 0. The van der Waals surface area contributed by atoms with Crippen LogP contribution in [0, 0.1) is 6.92 Å². The molecule has 4 rings (SSSR count). The lowest BCUT2D eigenvalue weighted by atomic mass is 10.2. The largest absolute Gasteiger partial charge is 0.354 e. The molecule has 0 fully saturated rings. The molecular weight excluding hydrogens is 316 g/mol. The fourth-order valence-electron chi connectivity index (χ4n) is 2.77. The van der Waals surface area contributed by atoms with Gasteiger partial charge in [-0.25, -0.2) is 4.68 Å². The molecule has 0 aliphatic carbocycles. The monoisotopic (exact) mass is 332 g/mol. The fraction of sp³-hybridized carbons (Fsp3) is 0.111. The summed E-state index contributed by atoms with van der Waals surface area (Å²) < 4.78 is 3.31. The van der Waals surface area contributed by atoms with Crippen molar-refractivity contribution in [3.8, 4) is 5.82 Å². The van der Waals surface area contributed by atoms with Crippen LogP contribution in [0.25, 0.3) is 16.7 Å². The number of aromatic nitrogens is 5. The van der Waals surface area contributed by atoms with Crippen molar-refractivity contribution in [3.05, 3.63) is 70.9 Å². The summed E-state index contributed by atoms with van der Waals surface area (Å²) in [7, 11) is 1.64. The van der Waals surface area contributed by atoms with Gasteiger partial charge in [0.25, 0.3) is 5.56 Å². The van der Waals surface area contributed by atoms with Crippen LogP contribution in [0.3, 0.4) is 0 Å². The van der Waals surface area contributed by atoms with Crippen molar-refractivity contribution in [2.75, 3.05) is 5.32 Å². The number of hydrogen-bond acceptors (Lipinski definition) is 5. The van der Waals surface area contributed by atoms with E-state index >= 15 is 0 Å². The van der Waals surface area contributed by atoms with Crippen LogP contribution in [0.2, 0.25) is 0 Å². The molecule has 0 radical (unpaired) electrons. The van der Waals surface area contributed by atoms with Crippen LogP contribution >= 0.6 is 0 Å². The third-order valence-corrected chi connectivity index (χ3v) is 4.15. The first-order valence-electron chi connectivity index (χ1n) is 7.82. The van der Waals surface area contributed by atoms with Crippen LogP contribution in [0.15, 0.2) is 59.8 Å². The molecule has 0 unspecified atom stereocenters. The fourth-order valence-corrected chi connectivity index (χ4v) is 2.77. The van der Waals surface area contributed by atoms with Gasteiger partial charge in [-0.05, 0) is 43.3 Å². The first-order valence-corrected chi connectivity index (χ1v) is 7.82. The van der Waals surface area contributed by atoms with Crippen LogP contribution in [0.5, 0.6) is 0 Å². The van der Waals surface area contributed by atoms with Gasteiger partial charge in [-0.1, -0.05) is 0 Å². The van der Waals surface area contributed by atoms with E-state index in [1.54, 1.807) is 26.4 Å². The summed E-state index contributed by atoms with van der Waals surface area (Å²) in [4.78, 5) is 12.0. The zero-order valence-electron chi connectivity index (χ0n) is 13.8. The number of anilines is 2. The Balaban J connectivity index is 1.71. The minimum Gasteiger partial charge on any atom is -0.354 e. The average molecular weight is 332 g/mol. The third kappa shape index (κ3) is 2.65. The SMILES string of the molecule is Cc1c(Nc2ccc3c(ccn3-c3cccnn3)c2)cnn(C)c1=O. The standard InChI is InChI=1S/C18H16N6O/c1-12-15(11-20-23(2)18(12)25)21-14-5-6-16-13(10-14)7-9-24(16)17-4-3-8-19-22-17/h3-11,21H,1-2H3. The van der Waals surface area contributed by atoms with Crippen LogP contribution < -0.4 is 10.9 Å². The number of fused-ring (bicyclic) bond motifs is 1. The second-order valence-electron chi connectivity index (χ2n) is 5.78. The van der Waals surface area contributed by atoms with Crippen molar-refractivity contribution in [1.82, 2.24) is 24.5 Å². The molecule has 7 heteroatoms. The Morgan fingerprint density at radius 3 is 2.84 bits per heavy atom. The molecule has 1 N–H and O–H groups in total. The first kappa shape index (κ1) is 15.1. The maximum absolute atomic E-state index is 12.0. The number of aryl methyl sites for hydroxylation is 1. The van der Waals surface area contributed by atoms with Crippen molar-refractivity contribution >= 4 is 22.3 Å². The van der Waals surface area contributed by atoms with E-state index in [1.807, 2.05) is 47.2 Å². The van der Waals surface area contributed by atoms with E-state index < -0.39 is 0 Å². The minimum atomic E-state index is -0.111. The summed E-state index contributed by atoms with van der Waals surface area (Å²) in [5.41, 5.74) is 3.15. The molecule has 0 saturated heterocycles. The molecule has 0 aliphatic heterocycles. The molecule has 3 heterocycles. The van der Waals surface area contributed by atoms with Gasteiger partial charge in [0.05, 0.1) is 17.4 Å². The normalized spacial score (nSPS) is 11.0. The number of rotatable bonds is 3. The minimum absolute atomic E-state index is 0.111. The highest BCUT2D eigenvalue weighted by atomic mass is 16.1. The highest BCUT2D eigenvalue weighted by molar-refractivity contribution is 5.86. The quantitative estimate of drug-likeness (QED) is 0.624. The van der Waals surface area contributed by atoms with Gasteiger partial charge in [-0.3, -0.25) is 9.36 Å².